The highest BCUT2D eigenvalue weighted by atomic mass is 16.2. The van der Waals surface area contributed by atoms with Gasteiger partial charge in [-0.3, -0.25) is 9.59 Å². The lowest BCUT2D eigenvalue weighted by atomic mass is 9.95. The first-order valence-electron chi connectivity index (χ1n) is 9.27. The number of aromatic nitrogens is 1. The summed E-state index contributed by atoms with van der Waals surface area (Å²) in [4.78, 5) is 29.4. The van der Waals surface area contributed by atoms with Crippen molar-refractivity contribution >= 4 is 11.8 Å². The Morgan fingerprint density at radius 3 is 2.54 bits per heavy atom. The Kier molecular flexibility index (Phi) is 4.10. The van der Waals surface area contributed by atoms with Gasteiger partial charge >= 0.3 is 0 Å². The average molecular weight is 351 g/mol. The topological polar surface area (TPSA) is 45.6 Å². The molecule has 2 aromatic rings. The minimum absolute atomic E-state index is 0.0419. The van der Waals surface area contributed by atoms with Gasteiger partial charge in [0.1, 0.15) is 0 Å². The van der Waals surface area contributed by atoms with Crippen LogP contribution in [0.25, 0.3) is 5.69 Å². The van der Waals surface area contributed by atoms with Crippen LogP contribution in [0.2, 0.25) is 0 Å². The molecule has 0 saturated carbocycles. The fraction of sp³-hybridized carbons (Fsp3) is 0.429. The van der Waals surface area contributed by atoms with Crippen molar-refractivity contribution in [1.29, 1.82) is 0 Å². The summed E-state index contributed by atoms with van der Waals surface area (Å²) in [5, 5.41) is 0. The van der Waals surface area contributed by atoms with E-state index in [2.05, 4.69) is 4.57 Å². The number of rotatable bonds is 2. The van der Waals surface area contributed by atoms with Gasteiger partial charge in [-0.05, 0) is 44.9 Å². The van der Waals surface area contributed by atoms with Gasteiger partial charge in [0, 0.05) is 43.3 Å². The molecule has 26 heavy (non-hydrogen) atoms. The number of hydrogen-bond acceptors (Lipinski definition) is 2. The van der Waals surface area contributed by atoms with Crippen LogP contribution in [-0.2, 0) is 4.79 Å². The predicted molar refractivity (Wildman–Crippen MR) is 100 cm³/mol. The van der Waals surface area contributed by atoms with Crippen molar-refractivity contribution in [2.45, 2.75) is 32.7 Å². The fourth-order valence-electron chi connectivity index (χ4n) is 4.45. The average Bonchev–Trinajstić information content (AvgIpc) is 2.79. The molecular formula is C21H25N3O2. The smallest absolute Gasteiger partial charge is 0.255 e. The molecule has 0 N–H and O–H groups in total. The molecule has 3 aliphatic heterocycles. The molecule has 5 rings (SSSR count). The van der Waals surface area contributed by atoms with Crippen LogP contribution < -0.4 is 0 Å². The quantitative estimate of drug-likeness (QED) is 0.835. The van der Waals surface area contributed by atoms with E-state index in [1.807, 2.05) is 67.1 Å². The number of nitrogens with zero attached hydrogens (tertiary/aromatic N) is 3. The van der Waals surface area contributed by atoms with Crippen molar-refractivity contribution in [2.24, 2.45) is 5.92 Å². The Balaban J connectivity index is 1.67. The summed E-state index contributed by atoms with van der Waals surface area (Å²) in [5.74, 6) is 0.173. The highest BCUT2D eigenvalue weighted by Crippen LogP contribution is 2.30. The van der Waals surface area contributed by atoms with Crippen molar-refractivity contribution in [3.8, 4) is 5.69 Å². The Bertz CT molecular complexity index is 856. The van der Waals surface area contributed by atoms with Gasteiger partial charge in [0.2, 0.25) is 5.91 Å². The second-order valence-corrected chi connectivity index (χ2v) is 7.54. The number of carbonyl (C=O) groups is 2. The Labute approximate surface area is 154 Å². The number of aryl methyl sites for hydroxylation is 1. The first kappa shape index (κ1) is 16.9. The first-order chi connectivity index (χ1) is 12.5. The zero-order chi connectivity index (χ0) is 18.4. The number of piperidine rings is 1. The van der Waals surface area contributed by atoms with Gasteiger partial charge in [-0.2, -0.15) is 0 Å². The molecule has 2 atom stereocenters. The van der Waals surface area contributed by atoms with Crippen LogP contribution in [0, 0.1) is 19.8 Å². The molecule has 3 saturated heterocycles. The lowest BCUT2D eigenvalue weighted by Crippen LogP contribution is -2.45. The molecule has 136 valence electrons. The van der Waals surface area contributed by atoms with E-state index in [0.29, 0.717) is 13.1 Å². The van der Waals surface area contributed by atoms with Crippen LogP contribution in [-0.4, -0.2) is 52.4 Å². The van der Waals surface area contributed by atoms with Crippen LogP contribution in [0.5, 0.6) is 0 Å². The van der Waals surface area contributed by atoms with E-state index in [1.54, 1.807) is 0 Å². The van der Waals surface area contributed by atoms with Crippen LogP contribution in [0.4, 0.5) is 0 Å². The highest BCUT2D eigenvalue weighted by Gasteiger charge is 2.40. The summed E-state index contributed by atoms with van der Waals surface area (Å²) in [5.41, 5.74) is 3.80. The summed E-state index contributed by atoms with van der Waals surface area (Å²) in [6, 6.07) is 12.2. The summed E-state index contributed by atoms with van der Waals surface area (Å²) < 4.78 is 2.12. The Hall–Kier alpha value is -2.56. The van der Waals surface area contributed by atoms with E-state index in [4.69, 9.17) is 0 Å². The van der Waals surface area contributed by atoms with E-state index in [9.17, 15) is 9.59 Å². The van der Waals surface area contributed by atoms with Crippen molar-refractivity contribution in [3.63, 3.8) is 0 Å². The molecule has 4 heterocycles. The molecule has 3 fully saturated rings. The SMILES string of the molecule is Cc1cc(C(=O)N2C[C@H]3CC[C@@H](C2)N(C)C3=O)c(C)n1-c1ccccc1. The molecule has 5 heteroatoms. The minimum atomic E-state index is -0.0553. The maximum atomic E-state index is 13.3. The fourth-order valence-corrected chi connectivity index (χ4v) is 4.45. The number of hydrogen-bond donors (Lipinski definition) is 0. The largest absolute Gasteiger partial charge is 0.341 e. The van der Waals surface area contributed by atoms with E-state index in [-0.39, 0.29) is 23.8 Å². The molecule has 0 aliphatic carbocycles. The van der Waals surface area contributed by atoms with Gasteiger partial charge in [-0.15, -0.1) is 0 Å². The first-order valence-corrected chi connectivity index (χ1v) is 9.27. The zero-order valence-electron chi connectivity index (χ0n) is 15.6. The van der Waals surface area contributed by atoms with Gasteiger partial charge in [0.05, 0.1) is 11.5 Å². The molecule has 0 radical (unpaired) electrons. The number of amides is 2. The number of para-hydroxylation sites is 1. The predicted octanol–water partition coefficient (Wildman–Crippen LogP) is 2.79. The van der Waals surface area contributed by atoms with Crippen molar-refractivity contribution in [3.05, 3.63) is 53.3 Å². The number of carbonyl (C=O) groups excluding carboxylic acids is 2. The molecule has 0 spiro atoms. The van der Waals surface area contributed by atoms with E-state index < -0.39 is 0 Å². The molecule has 5 nitrogen and oxygen atoms in total. The van der Waals surface area contributed by atoms with Crippen molar-refractivity contribution < 1.29 is 9.59 Å². The molecule has 0 unspecified atom stereocenters. The summed E-state index contributed by atoms with van der Waals surface area (Å²) in [6.45, 7) is 5.19. The monoisotopic (exact) mass is 351 g/mol. The Morgan fingerprint density at radius 1 is 1.08 bits per heavy atom. The lowest BCUT2D eigenvalue weighted by molar-refractivity contribution is -0.138. The van der Waals surface area contributed by atoms with Gasteiger partial charge in [0.25, 0.3) is 5.91 Å². The van der Waals surface area contributed by atoms with E-state index >= 15 is 0 Å². The highest BCUT2D eigenvalue weighted by molar-refractivity contribution is 5.96. The summed E-state index contributed by atoms with van der Waals surface area (Å²) >= 11 is 0. The molecule has 2 amide bonds. The molecule has 2 bridgehead atoms. The van der Waals surface area contributed by atoms with Gasteiger partial charge in [-0.1, -0.05) is 18.2 Å². The second-order valence-electron chi connectivity index (χ2n) is 7.54. The van der Waals surface area contributed by atoms with Gasteiger partial charge < -0.3 is 14.4 Å². The van der Waals surface area contributed by atoms with Gasteiger partial charge in [0.15, 0.2) is 0 Å². The van der Waals surface area contributed by atoms with Crippen LogP contribution >= 0.6 is 0 Å². The zero-order valence-corrected chi connectivity index (χ0v) is 15.6. The third kappa shape index (κ3) is 2.62. The molecule has 1 aromatic heterocycles. The Morgan fingerprint density at radius 2 is 1.81 bits per heavy atom. The normalized spacial score (nSPS) is 22.7. The lowest BCUT2D eigenvalue weighted by Gasteiger charge is -2.32. The molecular weight excluding hydrogens is 326 g/mol. The van der Waals surface area contributed by atoms with Crippen molar-refractivity contribution in [2.75, 3.05) is 20.1 Å². The summed E-state index contributed by atoms with van der Waals surface area (Å²) in [7, 11) is 1.87. The standard InChI is InChI=1S/C21H25N3O2/c1-14-11-19(15(2)24(14)17-7-5-4-6-8-17)21(26)23-12-16-9-10-18(13-23)22(3)20(16)25/h4-8,11,16,18H,9-10,12-13H2,1-3H3/t16-,18+/m1/s1. The third-order valence-electron chi connectivity index (χ3n) is 5.93. The molecule has 1 aromatic carbocycles. The number of benzene rings is 1. The maximum absolute atomic E-state index is 13.3. The second kappa shape index (κ2) is 6.31. The number of likely N-dealkylation sites (N-methyl/N-ethyl adjacent to an activating group) is 1. The summed E-state index contributed by atoms with van der Waals surface area (Å²) in [6.07, 6.45) is 1.88. The van der Waals surface area contributed by atoms with E-state index in [1.165, 1.54) is 0 Å². The van der Waals surface area contributed by atoms with Gasteiger partial charge in [-0.25, -0.2) is 0 Å². The minimum Gasteiger partial charge on any atom is -0.341 e. The van der Waals surface area contributed by atoms with E-state index in [0.717, 1.165) is 35.5 Å². The van der Waals surface area contributed by atoms with Crippen molar-refractivity contribution in [1.82, 2.24) is 14.4 Å². The third-order valence-corrected chi connectivity index (χ3v) is 5.93. The van der Waals surface area contributed by atoms with Crippen LogP contribution in [0.3, 0.4) is 0 Å². The van der Waals surface area contributed by atoms with Crippen LogP contribution in [0.15, 0.2) is 36.4 Å². The molecule has 3 aliphatic rings. The van der Waals surface area contributed by atoms with Crippen LogP contribution in [0.1, 0.15) is 34.6 Å². The number of fused-ring (bicyclic) bond motifs is 4. The maximum Gasteiger partial charge on any atom is 0.255 e.